The van der Waals surface area contributed by atoms with Crippen LogP contribution in [-0.4, -0.2) is 24.8 Å². The van der Waals surface area contributed by atoms with Crippen LogP contribution in [0.15, 0.2) is 29.8 Å². The summed E-state index contributed by atoms with van der Waals surface area (Å²) in [5.74, 6) is -0.128. The Kier molecular flexibility index (Phi) is 4.57. The Balaban J connectivity index is 2.93. The summed E-state index contributed by atoms with van der Waals surface area (Å²) in [5.41, 5.74) is 1.25. The Morgan fingerprint density at radius 1 is 1.41 bits per heavy atom. The maximum absolute atomic E-state index is 11.0. The van der Waals surface area contributed by atoms with E-state index in [0.29, 0.717) is 18.1 Å². The molecule has 0 fully saturated rings. The summed E-state index contributed by atoms with van der Waals surface area (Å²) >= 11 is 0. The van der Waals surface area contributed by atoms with Gasteiger partial charge in [-0.05, 0) is 32.1 Å². The summed E-state index contributed by atoms with van der Waals surface area (Å²) in [6.45, 7) is 4.25. The van der Waals surface area contributed by atoms with Crippen LogP contribution < -0.4 is 9.47 Å². The van der Waals surface area contributed by atoms with Crippen molar-refractivity contribution in [3.63, 3.8) is 0 Å². The number of methoxy groups -OCH3 is 1. The topological polar surface area (TPSA) is 55.8 Å². The monoisotopic (exact) mass is 236 g/mol. The van der Waals surface area contributed by atoms with Crippen molar-refractivity contribution in [2.75, 3.05) is 13.7 Å². The third-order valence-corrected chi connectivity index (χ3v) is 2.15. The normalized spacial score (nSPS) is 9.59. The second-order valence-electron chi connectivity index (χ2n) is 3.76. The fourth-order valence-corrected chi connectivity index (χ4v) is 1.22. The van der Waals surface area contributed by atoms with Gasteiger partial charge in [0.2, 0.25) is 0 Å². The lowest BCUT2D eigenvalue weighted by Gasteiger charge is -2.09. The molecule has 1 rings (SSSR count). The molecule has 17 heavy (non-hydrogen) atoms. The zero-order valence-corrected chi connectivity index (χ0v) is 10.2. The van der Waals surface area contributed by atoms with Crippen molar-refractivity contribution in [3.8, 4) is 11.5 Å². The Labute approximate surface area is 100 Å². The Hall–Kier alpha value is -1.97. The molecule has 0 saturated heterocycles. The van der Waals surface area contributed by atoms with Gasteiger partial charge in [-0.2, -0.15) is 0 Å². The first-order valence-corrected chi connectivity index (χ1v) is 5.22. The lowest BCUT2D eigenvalue weighted by molar-refractivity contribution is 0.0692. The average molecular weight is 236 g/mol. The number of benzene rings is 1. The highest BCUT2D eigenvalue weighted by Gasteiger charge is 2.11. The zero-order valence-electron chi connectivity index (χ0n) is 10.2. The number of aromatic carboxylic acids is 1. The van der Waals surface area contributed by atoms with Gasteiger partial charge in [-0.25, -0.2) is 4.79 Å². The summed E-state index contributed by atoms with van der Waals surface area (Å²) in [6, 6.07) is 4.64. The molecule has 0 aliphatic rings. The molecule has 0 bridgehead atoms. The Morgan fingerprint density at radius 3 is 2.65 bits per heavy atom. The van der Waals surface area contributed by atoms with Crippen molar-refractivity contribution in [1.82, 2.24) is 0 Å². The fourth-order valence-electron chi connectivity index (χ4n) is 1.22. The van der Waals surface area contributed by atoms with Gasteiger partial charge in [0.05, 0.1) is 7.11 Å². The standard InChI is InChI=1S/C13H16O4/c1-9(2)6-7-17-12-8-10(16-3)4-5-11(12)13(14)15/h4-6,8H,7H2,1-3H3,(H,14,15). The lowest BCUT2D eigenvalue weighted by atomic mass is 10.2. The number of carbonyl (C=O) groups is 1. The molecule has 1 aromatic rings. The van der Waals surface area contributed by atoms with Gasteiger partial charge in [-0.1, -0.05) is 5.57 Å². The minimum atomic E-state index is -1.01. The van der Waals surface area contributed by atoms with Crippen molar-refractivity contribution < 1.29 is 19.4 Å². The third kappa shape index (κ3) is 3.83. The SMILES string of the molecule is COc1ccc(C(=O)O)c(OCC=C(C)C)c1. The van der Waals surface area contributed by atoms with Gasteiger partial charge in [0.25, 0.3) is 0 Å². The van der Waals surface area contributed by atoms with E-state index < -0.39 is 5.97 Å². The van der Waals surface area contributed by atoms with Gasteiger partial charge in [0.15, 0.2) is 0 Å². The van der Waals surface area contributed by atoms with Crippen LogP contribution in [-0.2, 0) is 0 Å². The number of ether oxygens (including phenoxy) is 2. The van der Waals surface area contributed by atoms with Gasteiger partial charge in [-0.15, -0.1) is 0 Å². The molecule has 1 N–H and O–H groups in total. The maximum atomic E-state index is 11.0. The van der Waals surface area contributed by atoms with Gasteiger partial charge in [0, 0.05) is 6.07 Å². The van der Waals surface area contributed by atoms with E-state index in [4.69, 9.17) is 14.6 Å². The fraction of sp³-hybridized carbons (Fsp3) is 0.308. The largest absolute Gasteiger partial charge is 0.497 e. The predicted molar refractivity (Wildman–Crippen MR) is 64.9 cm³/mol. The molecule has 0 unspecified atom stereocenters. The van der Waals surface area contributed by atoms with Crippen LogP contribution in [0.5, 0.6) is 11.5 Å². The molecule has 1 aromatic carbocycles. The Bertz CT molecular complexity index is 431. The predicted octanol–water partition coefficient (Wildman–Crippen LogP) is 2.74. The Morgan fingerprint density at radius 2 is 2.12 bits per heavy atom. The molecule has 4 nitrogen and oxygen atoms in total. The summed E-state index contributed by atoms with van der Waals surface area (Å²) in [6.07, 6.45) is 1.88. The summed E-state index contributed by atoms with van der Waals surface area (Å²) in [4.78, 5) is 11.0. The number of hydrogen-bond acceptors (Lipinski definition) is 3. The van der Waals surface area contributed by atoms with Crippen LogP contribution in [0.1, 0.15) is 24.2 Å². The smallest absolute Gasteiger partial charge is 0.339 e. The van der Waals surface area contributed by atoms with E-state index in [1.54, 1.807) is 12.1 Å². The van der Waals surface area contributed by atoms with E-state index in [1.807, 2.05) is 19.9 Å². The van der Waals surface area contributed by atoms with Crippen molar-refractivity contribution in [2.45, 2.75) is 13.8 Å². The molecular formula is C13H16O4. The maximum Gasteiger partial charge on any atom is 0.339 e. The molecule has 0 spiro atoms. The molecule has 0 aromatic heterocycles. The molecule has 0 aliphatic heterocycles. The quantitative estimate of drug-likeness (QED) is 0.799. The van der Waals surface area contributed by atoms with E-state index in [-0.39, 0.29) is 5.56 Å². The van der Waals surface area contributed by atoms with Crippen LogP contribution in [0.3, 0.4) is 0 Å². The van der Waals surface area contributed by atoms with E-state index in [9.17, 15) is 4.79 Å². The molecule has 0 radical (unpaired) electrons. The molecule has 0 heterocycles. The van der Waals surface area contributed by atoms with Crippen molar-refractivity contribution in [2.24, 2.45) is 0 Å². The van der Waals surface area contributed by atoms with Crippen LogP contribution in [0.4, 0.5) is 0 Å². The molecule has 0 saturated carbocycles. The minimum Gasteiger partial charge on any atom is -0.497 e. The minimum absolute atomic E-state index is 0.132. The zero-order chi connectivity index (χ0) is 12.8. The van der Waals surface area contributed by atoms with E-state index in [1.165, 1.54) is 13.2 Å². The first-order valence-electron chi connectivity index (χ1n) is 5.22. The number of carboxylic acids is 1. The molecule has 0 aliphatic carbocycles. The first kappa shape index (κ1) is 13.1. The number of rotatable bonds is 5. The van der Waals surface area contributed by atoms with E-state index in [2.05, 4.69) is 0 Å². The summed E-state index contributed by atoms with van der Waals surface area (Å²) in [5, 5.41) is 9.00. The lowest BCUT2D eigenvalue weighted by Crippen LogP contribution is -2.03. The third-order valence-electron chi connectivity index (χ3n) is 2.15. The number of allylic oxidation sites excluding steroid dienone is 1. The molecule has 92 valence electrons. The second-order valence-corrected chi connectivity index (χ2v) is 3.76. The van der Waals surface area contributed by atoms with Gasteiger partial charge >= 0.3 is 5.97 Å². The summed E-state index contributed by atoms with van der Waals surface area (Å²) < 4.78 is 10.4. The van der Waals surface area contributed by atoms with E-state index >= 15 is 0 Å². The summed E-state index contributed by atoms with van der Waals surface area (Å²) in [7, 11) is 1.52. The van der Waals surface area contributed by atoms with Crippen LogP contribution in [0.25, 0.3) is 0 Å². The van der Waals surface area contributed by atoms with Gasteiger partial charge in [-0.3, -0.25) is 0 Å². The highest BCUT2D eigenvalue weighted by Crippen LogP contribution is 2.24. The average Bonchev–Trinajstić information content (AvgIpc) is 2.28. The molecule has 0 atom stereocenters. The van der Waals surface area contributed by atoms with Crippen LogP contribution in [0.2, 0.25) is 0 Å². The molecule has 4 heteroatoms. The van der Waals surface area contributed by atoms with Crippen LogP contribution >= 0.6 is 0 Å². The molecule has 0 amide bonds. The highest BCUT2D eigenvalue weighted by atomic mass is 16.5. The number of hydrogen-bond donors (Lipinski definition) is 1. The highest BCUT2D eigenvalue weighted by molar-refractivity contribution is 5.91. The number of carboxylic acid groups (broad SMARTS) is 1. The van der Waals surface area contributed by atoms with Crippen molar-refractivity contribution >= 4 is 5.97 Å². The van der Waals surface area contributed by atoms with Crippen molar-refractivity contribution in [1.29, 1.82) is 0 Å². The second kappa shape index (κ2) is 5.94. The first-order chi connectivity index (χ1) is 8.04. The van der Waals surface area contributed by atoms with Crippen molar-refractivity contribution in [3.05, 3.63) is 35.4 Å². The van der Waals surface area contributed by atoms with Crippen LogP contribution in [0, 0.1) is 0 Å². The van der Waals surface area contributed by atoms with Gasteiger partial charge in [0.1, 0.15) is 23.7 Å². The molecular weight excluding hydrogens is 220 g/mol. The van der Waals surface area contributed by atoms with Gasteiger partial charge < -0.3 is 14.6 Å². The van der Waals surface area contributed by atoms with E-state index in [0.717, 1.165) is 5.57 Å².